The molecule has 1 heteroatoms. The van der Waals surface area contributed by atoms with E-state index in [2.05, 4.69) is 182 Å². The largest absolute Gasteiger partial charge is 2.00 e. The van der Waals surface area contributed by atoms with E-state index in [1.807, 2.05) is 76.3 Å². The summed E-state index contributed by atoms with van der Waals surface area (Å²) >= 11 is 0. The van der Waals surface area contributed by atoms with E-state index in [4.69, 9.17) is 0 Å². The van der Waals surface area contributed by atoms with Gasteiger partial charge in [0.1, 0.15) is 0 Å². The van der Waals surface area contributed by atoms with Gasteiger partial charge in [-0.2, -0.15) is 0 Å². The van der Waals surface area contributed by atoms with E-state index >= 15 is 0 Å². The monoisotopic (exact) mass is 712 g/mol. The van der Waals surface area contributed by atoms with Gasteiger partial charge in [-0.25, -0.2) is 0 Å². The van der Waals surface area contributed by atoms with Crippen molar-refractivity contribution in [2.24, 2.45) is 0 Å². The van der Waals surface area contributed by atoms with Crippen molar-refractivity contribution in [2.75, 3.05) is 0 Å². The molecule has 2 aliphatic carbocycles. The van der Waals surface area contributed by atoms with Crippen molar-refractivity contribution in [3.05, 3.63) is 292 Å². The molecule has 252 valence electrons. The Morgan fingerprint density at radius 1 is 0.245 bits per heavy atom. The van der Waals surface area contributed by atoms with Crippen LogP contribution < -0.4 is 0 Å². The van der Waals surface area contributed by atoms with E-state index in [0.717, 1.165) is 55.7 Å². The second kappa shape index (κ2) is 22.4. The van der Waals surface area contributed by atoms with Crippen molar-refractivity contribution in [3.8, 4) is 0 Å². The Bertz CT molecular complexity index is 1800. The van der Waals surface area contributed by atoms with E-state index in [1.165, 1.54) is 0 Å². The van der Waals surface area contributed by atoms with Crippen LogP contribution in [0.2, 0.25) is 0 Å². The number of hydrogen-bond acceptors (Lipinski definition) is 0. The molecule has 0 nitrogen and oxygen atoms in total. The van der Waals surface area contributed by atoms with Gasteiger partial charge in [-0.1, -0.05) is 180 Å². The zero-order valence-corrected chi connectivity index (χ0v) is 31.2. The molecule has 0 bridgehead atoms. The van der Waals surface area contributed by atoms with Gasteiger partial charge in [0, 0.05) is 0 Å². The molecular weight excluding hydrogens is 672 g/mol. The zero-order valence-electron chi connectivity index (χ0n) is 29.6. The van der Waals surface area contributed by atoms with E-state index in [9.17, 15) is 0 Å². The van der Waals surface area contributed by atoms with Crippen LogP contribution in [0.1, 0.15) is 33.4 Å². The van der Waals surface area contributed by atoms with Gasteiger partial charge in [-0.05, 0) is 64.2 Å². The predicted octanol–water partition coefficient (Wildman–Crippen LogP) is 12.5. The molecule has 0 N–H and O–H groups in total. The first-order chi connectivity index (χ1) is 25.9. The van der Waals surface area contributed by atoms with Gasteiger partial charge < -0.3 is 0 Å². The number of benzene rings is 6. The van der Waals surface area contributed by atoms with Crippen LogP contribution in [-0.4, -0.2) is 0 Å². The average Bonchev–Trinajstić information content (AvgIpc) is 4.02. The maximum Gasteiger partial charge on any atom is 2.00 e. The molecule has 53 heavy (non-hydrogen) atoms. The predicted molar refractivity (Wildman–Crippen MR) is 220 cm³/mol. The number of allylic oxidation sites excluding steroid dienone is 4. The summed E-state index contributed by atoms with van der Waals surface area (Å²) in [5.41, 5.74) is 10.7. The smallest absolute Gasteiger partial charge is 0.123 e. The Hall–Kier alpha value is -4.75. The van der Waals surface area contributed by atoms with Crippen LogP contribution in [0.5, 0.6) is 0 Å². The van der Waals surface area contributed by atoms with E-state index in [1.54, 1.807) is 0 Å². The third kappa shape index (κ3) is 12.1. The van der Waals surface area contributed by atoms with Crippen molar-refractivity contribution in [1.82, 2.24) is 0 Å². The molecule has 6 aromatic rings. The molecule has 2 aliphatic rings. The Kier molecular flexibility index (Phi) is 16.6. The van der Waals surface area contributed by atoms with Gasteiger partial charge in [-0.15, -0.1) is 69.8 Å². The fraction of sp³-hybridized carbons (Fsp3) is 0. The molecule has 8 rings (SSSR count). The maximum atomic E-state index is 3.83. The SMILES string of the molecule is [C-](=C(/C(=C(\C(=[C-]c1ccccc1)c1ccccc1)c1ccccc1)c1ccccc1)c1ccccc1)c1ccccc1.[CH]1[CH][CH][CH][CH]1.[CH]1[CH][CH][CH][CH]1.[Ti+2]. The average molecular weight is 713 g/mol. The first-order valence-corrected chi connectivity index (χ1v) is 17.5. The van der Waals surface area contributed by atoms with Crippen molar-refractivity contribution >= 4 is 22.3 Å². The molecule has 0 amide bonds. The second-order valence-electron chi connectivity index (χ2n) is 11.9. The van der Waals surface area contributed by atoms with Crippen LogP contribution in [0, 0.1) is 76.4 Å². The Morgan fingerprint density at radius 3 is 0.698 bits per heavy atom. The summed E-state index contributed by atoms with van der Waals surface area (Å²) in [6, 6.07) is 63.3. The van der Waals surface area contributed by atoms with Crippen LogP contribution in [0.4, 0.5) is 0 Å². The van der Waals surface area contributed by atoms with Crippen LogP contribution in [-0.2, 0) is 21.7 Å². The van der Waals surface area contributed by atoms with Gasteiger partial charge in [0.05, 0.1) is 0 Å². The van der Waals surface area contributed by atoms with E-state index in [-0.39, 0.29) is 21.7 Å². The molecule has 0 unspecified atom stereocenters. The standard InChI is InChI=1S/C42H30.2C5H5.Ti/c1-7-19-33(20-8-1)31-39(35-23-11-3-12-24-35)41(37-27-15-5-16-28-37)42(38-29-17-6-18-30-38)40(36-25-13-4-14-26-36)32-34-21-9-2-10-22-34;2*1-2-4-5-3-1;/h1-30H;2*1-5H;/q-2;;;+2/b42-41-;;;. The Labute approximate surface area is 333 Å². The molecule has 0 aromatic heterocycles. The van der Waals surface area contributed by atoms with Gasteiger partial charge in [0.15, 0.2) is 0 Å². The molecule has 0 aliphatic heterocycles. The first-order valence-electron chi connectivity index (χ1n) is 17.5. The normalized spacial score (nSPS) is 14.4. The fourth-order valence-electron chi connectivity index (χ4n) is 5.78. The van der Waals surface area contributed by atoms with Crippen LogP contribution in [0.25, 0.3) is 22.3 Å². The molecule has 2 saturated carbocycles. The van der Waals surface area contributed by atoms with Gasteiger partial charge >= 0.3 is 21.7 Å². The second-order valence-corrected chi connectivity index (χ2v) is 11.9. The van der Waals surface area contributed by atoms with Crippen molar-refractivity contribution in [3.63, 3.8) is 0 Å². The molecule has 0 spiro atoms. The van der Waals surface area contributed by atoms with Crippen molar-refractivity contribution in [1.29, 1.82) is 0 Å². The molecular formula is C52H40Ti. The third-order valence-electron chi connectivity index (χ3n) is 8.20. The van der Waals surface area contributed by atoms with Crippen LogP contribution in [0.3, 0.4) is 0 Å². The topological polar surface area (TPSA) is 0 Å². The Balaban J connectivity index is 0.000000426. The molecule has 0 atom stereocenters. The summed E-state index contributed by atoms with van der Waals surface area (Å²) in [6.45, 7) is 0. The minimum Gasteiger partial charge on any atom is -0.123 e. The van der Waals surface area contributed by atoms with E-state index < -0.39 is 0 Å². The van der Waals surface area contributed by atoms with Gasteiger partial charge in [0.2, 0.25) is 0 Å². The number of hydrogen-bond donors (Lipinski definition) is 0. The fourth-order valence-corrected chi connectivity index (χ4v) is 5.78. The summed E-state index contributed by atoms with van der Waals surface area (Å²) in [5, 5.41) is 0. The summed E-state index contributed by atoms with van der Waals surface area (Å²) in [7, 11) is 0. The first kappa shape index (κ1) is 39.5. The van der Waals surface area contributed by atoms with Gasteiger partial charge in [0.25, 0.3) is 0 Å². The van der Waals surface area contributed by atoms with Crippen LogP contribution >= 0.6 is 0 Å². The molecule has 6 aromatic carbocycles. The minimum atomic E-state index is 0. The van der Waals surface area contributed by atoms with Gasteiger partial charge in [-0.3, -0.25) is 0 Å². The quantitative estimate of drug-likeness (QED) is 0.0638. The summed E-state index contributed by atoms with van der Waals surface area (Å²) in [6.07, 6.45) is 27.7. The number of rotatable bonds is 8. The van der Waals surface area contributed by atoms with Crippen molar-refractivity contribution < 1.29 is 21.7 Å². The maximum absolute atomic E-state index is 3.83. The summed E-state index contributed by atoms with van der Waals surface area (Å²) in [4.78, 5) is 0. The minimum absolute atomic E-state index is 0. The van der Waals surface area contributed by atoms with Crippen LogP contribution in [0.15, 0.2) is 182 Å². The third-order valence-corrected chi connectivity index (χ3v) is 8.20. The van der Waals surface area contributed by atoms with Crippen molar-refractivity contribution in [2.45, 2.75) is 0 Å². The molecule has 2 fully saturated rings. The molecule has 0 heterocycles. The molecule has 10 radical (unpaired) electrons. The van der Waals surface area contributed by atoms with E-state index in [0.29, 0.717) is 0 Å². The zero-order chi connectivity index (χ0) is 35.5. The summed E-state index contributed by atoms with van der Waals surface area (Å²) < 4.78 is 0. The molecule has 0 saturated heterocycles. The Morgan fingerprint density at radius 2 is 0.453 bits per heavy atom. The summed E-state index contributed by atoms with van der Waals surface area (Å²) in [5.74, 6) is 0.